The molecule has 1 N–H and O–H groups in total. The SMILES string of the molecule is CCCC[C@H](NC)c1ccccc1. The van der Waals surface area contributed by atoms with Crippen LogP contribution in [0.15, 0.2) is 30.3 Å². The first-order valence-electron chi connectivity index (χ1n) is 5.10. The van der Waals surface area contributed by atoms with Gasteiger partial charge in [-0.25, -0.2) is 0 Å². The van der Waals surface area contributed by atoms with Crippen molar-refractivity contribution in [2.75, 3.05) is 7.05 Å². The molecule has 1 heteroatoms. The summed E-state index contributed by atoms with van der Waals surface area (Å²) in [6.45, 7) is 2.23. The number of hydrogen-bond donors (Lipinski definition) is 1. The Kier molecular flexibility index (Phi) is 4.55. The fraction of sp³-hybridized carbons (Fsp3) is 0.500. The molecule has 0 spiro atoms. The van der Waals surface area contributed by atoms with E-state index in [2.05, 4.69) is 42.6 Å². The average molecular weight is 177 g/mol. The van der Waals surface area contributed by atoms with E-state index in [0.717, 1.165) is 0 Å². The van der Waals surface area contributed by atoms with Gasteiger partial charge in [-0.3, -0.25) is 0 Å². The van der Waals surface area contributed by atoms with E-state index in [-0.39, 0.29) is 0 Å². The minimum Gasteiger partial charge on any atom is -0.313 e. The first kappa shape index (κ1) is 10.3. The third-order valence-corrected chi connectivity index (χ3v) is 2.40. The lowest BCUT2D eigenvalue weighted by molar-refractivity contribution is 0.523. The van der Waals surface area contributed by atoms with Crippen molar-refractivity contribution in [1.29, 1.82) is 0 Å². The molecule has 0 aromatic heterocycles. The molecule has 1 aromatic rings. The van der Waals surface area contributed by atoms with Crippen molar-refractivity contribution in [1.82, 2.24) is 5.32 Å². The Bertz CT molecular complexity index is 218. The van der Waals surface area contributed by atoms with Crippen LogP contribution in [0.25, 0.3) is 0 Å². The highest BCUT2D eigenvalue weighted by Gasteiger charge is 2.06. The number of rotatable bonds is 5. The fourth-order valence-corrected chi connectivity index (χ4v) is 1.57. The van der Waals surface area contributed by atoms with Crippen LogP contribution >= 0.6 is 0 Å². The lowest BCUT2D eigenvalue weighted by Crippen LogP contribution is -2.15. The van der Waals surface area contributed by atoms with Crippen molar-refractivity contribution in [3.05, 3.63) is 35.9 Å². The average Bonchev–Trinajstić information content (AvgIpc) is 2.21. The second kappa shape index (κ2) is 5.76. The van der Waals surface area contributed by atoms with Crippen molar-refractivity contribution >= 4 is 0 Å². The second-order valence-corrected chi connectivity index (χ2v) is 3.39. The number of nitrogens with one attached hydrogen (secondary N) is 1. The van der Waals surface area contributed by atoms with Gasteiger partial charge >= 0.3 is 0 Å². The van der Waals surface area contributed by atoms with Gasteiger partial charge in [-0.15, -0.1) is 0 Å². The van der Waals surface area contributed by atoms with Crippen molar-refractivity contribution < 1.29 is 0 Å². The molecule has 0 saturated heterocycles. The summed E-state index contributed by atoms with van der Waals surface area (Å²) in [7, 11) is 2.04. The molecule has 0 unspecified atom stereocenters. The van der Waals surface area contributed by atoms with Gasteiger partial charge in [-0.05, 0) is 19.0 Å². The summed E-state index contributed by atoms with van der Waals surface area (Å²) in [6, 6.07) is 11.2. The third kappa shape index (κ3) is 3.19. The summed E-state index contributed by atoms with van der Waals surface area (Å²) in [6.07, 6.45) is 3.79. The normalized spacial score (nSPS) is 12.8. The smallest absolute Gasteiger partial charge is 0.0317 e. The summed E-state index contributed by atoms with van der Waals surface area (Å²) in [5.41, 5.74) is 1.40. The molecule has 0 heterocycles. The quantitative estimate of drug-likeness (QED) is 0.728. The predicted octanol–water partition coefficient (Wildman–Crippen LogP) is 3.14. The van der Waals surface area contributed by atoms with Crippen molar-refractivity contribution in [3.8, 4) is 0 Å². The maximum absolute atomic E-state index is 3.35. The Balaban J connectivity index is 2.56. The van der Waals surface area contributed by atoms with Gasteiger partial charge in [0.15, 0.2) is 0 Å². The summed E-state index contributed by atoms with van der Waals surface area (Å²) in [5.74, 6) is 0. The predicted molar refractivity (Wildman–Crippen MR) is 57.8 cm³/mol. The number of benzene rings is 1. The highest BCUT2D eigenvalue weighted by Crippen LogP contribution is 2.17. The van der Waals surface area contributed by atoms with E-state index < -0.39 is 0 Å². The molecule has 0 saturated carbocycles. The number of unbranched alkanes of at least 4 members (excludes halogenated alkanes) is 1. The summed E-state index contributed by atoms with van der Waals surface area (Å²) >= 11 is 0. The van der Waals surface area contributed by atoms with E-state index in [4.69, 9.17) is 0 Å². The summed E-state index contributed by atoms with van der Waals surface area (Å²) in [4.78, 5) is 0. The molecule has 13 heavy (non-hydrogen) atoms. The van der Waals surface area contributed by atoms with Crippen LogP contribution in [0.2, 0.25) is 0 Å². The van der Waals surface area contributed by atoms with Crippen LogP contribution in [0.3, 0.4) is 0 Å². The Morgan fingerprint density at radius 1 is 1.23 bits per heavy atom. The highest BCUT2D eigenvalue weighted by molar-refractivity contribution is 5.18. The van der Waals surface area contributed by atoms with Crippen LogP contribution in [-0.4, -0.2) is 7.05 Å². The molecule has 1 aromatic carbocycles. The van der Waals surface area contributed by atoms with Crippen LogP contribution in [-0.2, 0) is 0 Å². The molecule has 0 radical (unpaired) electrons. The van der Waals surface area contributed by atoms with Gasteiger partial charge < -0.3 is 5.32 Å². The maximum Gasteiger partial charge on any atom is 0.0317 e. The fourth-order valence-electron chi connectivity index (χ4n) is 1.57. The standard InChI is InChI=1S/C12H19N/c1-3-4-10-12(13-2)11-8-6-5-7-9-11/h5-9,12-13H,3-4,10H2,1-2H3/t12-/m0/s1. The van der Waals surface area contributed by atoms with Crippen molar-refractivity contribution in [3.63, 3.8) is 0 Å². The van der Waals surface area contributed by atoms with Gasteiger partial charge in [0.25, 0.3) is 0 Å². The van der Waals surface area contributed by atoms with Crippen LogP contribution < -0.4 is 5.32 Å². The summed E-state index contributed by atoms with van der Waals surface area (Å²) < 4.78 is 0. The second-order valence-electron chi connectivity index (χ2n) is 3.39. The number of hydrogen-bond acceptors (Lipinski definition) is 1. The Hall–Kier alpha value is -0.820. The zero-order valence-electron chi connectivity index (χ0n) is 8.59. The van der Waals surface area contributed by atoms with E-state index in [1.807, 2.05) is 7.05 Å². The lowest BCUT2D eigenvalue weighted by Gasteiger charge is -2.15. The molecular weight excluding hydrogens is 158 g/mol. The Morgan fingerprint density at radius 3 is 2.46 bits per heavy atom. The molecule has 0 aliphatic carbocycles. The molecule has 72 valence electrons. The molecule has 0 amide bonds. The molecule has 0 aliphatic heterocycles. The first-order valence-corrected chi connectivity index (χ1v) is 5.10. The molecule has 1 nitrogen and oxygen atoms in total. The Labute approximate surface area is 81.2 Å². The van der Waals surface area contributed by atoms with Gasteiger partial charge in [0.1, 0.15) is 0 Å². The largest absolute Gasteiger partial charge is 0.313 e. The van der Waals surface area contributed by atoms with E-state index in [0.29, 0.717) is 6.04 Å². The Morgan fingerprint density at radius 2 is 1.92 bits per heavy atom. The van der Waals surface area contributed by atoms with Gasteiger partial charge in [-0.2, -0.15) is 0 Å². The molecule has 1 atom stereocenters. The van der Waals surface area contributed by atoms with Gasteiger partial charge in [0, 0.05) is 6.04 Å². The minimum absolute atomic E-state index is 0.529. The summed E-state index contributed by atoms with van der Waals surface area (Å²) in [5, 5.41) is 3.35. The van der Waals surface area contributed by atoms with Crippen LogP contribution in [0.4, 0.5) is 0 Å². The van der Waals surface area contributed by atoms with E-state index in [1.165, 1.54) is 24.8 Å². The monoisotopic (exact) mass is 177 g/mol. The van der Waals surface area contributed by atoms with E-state index in [9.17, 15) is 0 Å². The molecular formula is C12H19N. The third-order valence-electron chi connectivity index (χ3n) is 2.40. The molecule has 0 aliphatic rings. The van der Waals surface area contributed by atoms with E-state index in [1.54, 1.807) is 0 Å². The van der Waals surface area contributed by atoms with Crippen LogP contribution in [0.1, 0.15) is 37.8 Å². The first-order chi connectivity index (χ1) is 6.38. The molecule has 1 rings (SSSR count). The van der Waals surface area contributed by atoms with Crippen molar-refractivity contribution in [2.45, 2.75) is 32.2 Å². The topological polar surface area (TPSA) is 12.0 Å². The minimum atomic E-state index is 0.529. The maximum atomic E-state index is 3.35. The van der Waals surface area contributed by atoms with Gasteiger partial charge in [-0.1, -0.05) is 50.1 Å². The molecule has 0 fully saturated rings. The van der Waals surface area contributed by atoms with Crippen LogP contribution in [0.5, 0.6) is 0 Å². The van der Waals surface area contributed by atoms with Gasteiger partial charge in [0.05, 0.1) is 0 Å². The lowest BCUT2D eigenvalue weighted by atomic mass is 10.0. The van der Waals surface area contributed by atoms with Crippen molar-refractivity contribution in [2.24, 2.45) is 0 Å². The van der Waals surface area contributed by atoms with Crippen LogP contribution in [0, 0.1) is 0 Å². The highest BCUT2D eigenvalue weighted by atomic mass is 14.9. The van der Waals surface area contributed by atoms with E-state index >= 15 is 0 Å². The zero-order valence-corrected chi connectivity index (χ0v) is 8.59. The molecule has 0 bridgehead atoms. The van der Waals surface area contributed by atoms with Gasteiger partial charge in [0.2, 0.25) is 0 Å². The zero-order chi connectivity index (χ0) is 9.52.